The van der Waals surface area contributed by atoms with Gasteiger partial charge in [-0.2, -0.15) is 0 Å². The van der Waals surface area contributed by atoms with Crippen molar-refractivity contribution in [3.05, 3.63) is 0 Å². The van der Waals surface area contributed by atoms with E-state index in [1.54, 1.807) is 0 Å². The first-order valence-corrected chi connectivity index (χ1v) is 7.04. The summed E-state index contributed by atoms with van der Waals surface area (Å²) in [6.07, 6.45) is 6.85. The van der Waals surface area contributed by atoms with E-state index in [1.165, 1.54) is 12.8 Å². The number of carboxylic acids is 1. The Hall–Kier alpha value is -1.06. The number of hydrogen-bond donors (Lipinski definition) is 2. The SMILES string of the molecule is CC(C)C[C@@H](NC(=O)C1CCCCCC1)C(=O)O. The van der Waals surface area contributed by atoms with Crippen molar-refractivity contribution in [2.24, 2.45) is 11.8 Å². The first-order valence-electron chi connectivity index (χ1n) is 7.04. The van der Waals surface area contributed by atoms with E-state index in [9.17, 15) is 9.59 Å². The Kier molecular flexibility index (Phi) is 6.16. The zero-order valence-electron chi connectivity index (χ0n) is 11.4. The number of nitrogens with one attached hydrogen (secondary N) is 1. The van der Waals surface area contributed by atoms with Gasteiger partial charge < -0.3 is 10.4 Å². The molecular weight excluding hydrogens is 230 g/mol. The maximum absolute atomic E-state index is 12.1. The highest BCUT2D eigenvalue weighted by Crippen LogP contribution is 2.23. The zero-order chi connectivity index (χ0) is 13.5. The van der Waals surface area contributed by atoms with Crippen LogP contribution < -0.4 is 5.32 Å². The molecule has 0 aromatic heterocycles. The predicted molar refractivity (Wildman–Crippen MR) is 70.2 cm³/mol. The topological polar surface area (TPSA) is 66.4 Å². The molecule has 0 radical (unpaired) electrons. The molecule has 0 aliphatic heterocycles. The smallest absolute Gasteiger partial charge is 0.326 e. The number of hydrogen-bond acceptors (Lipinski definition) is 2. The Labute approximate surface area is 109 Å². The lowest BCUT2D eigenvalue weighted by Crippen LogP contribution is -2.44. The molecular formula is C14H25NO3. The molecule has 0 heterocycles. The van der Waals surface area contributed by atoms with Crippen LogP contribution in [0.2, 0.25) is 0 Å². The van der Waals surface area contributed by atoms with Gasteiger partial charge in [-0.05, 0) is 25.2 Å². The van der Waals surface area contributed by atoms with E-state index in [2.05, 4.69) is 5.32 Å². The van der Waals surface area contributed by atoms with E-state index >= 15 is 0 Å². The highest BCUT2D eigenvalue weighted by molar-refractivity contribution is 5.84. The van der Waals surface area contributed by atoms with Crippen LogP contribution in [0.15, 0.2) is 0 Å². The molecule has 1 aliphatic carbocycles. The van der Waals surface area contributed by atoms with Gasteiger partial charge in [-0.25, -0.2) is 4.79 Å². The first-order chi connectivity index (χ1) is 8.50. The average Bonchev–Trinajstić information content (AvgIpc) is 2.55. The van der Waals surface area contributed by atoms with Crippen LogP contribution in [0.3, 0.4) is 0 Å². The number of carbonyl (C=O) groups excluding carboxylic acids is 1. The third kappa shape index (κ3) is 5.07. The van der Waals surface area contributed by atoms with E-state index < -0.39 is 12.0 Å². The number of aliphatic carboxylic acids is 1. The average molecular weight is 255 g/mol. The fourth-order valence-electron chi connectivity index (χ4n) is 2.52. The summed E-state index contributed by atoms with van der Waals surface area (Å²) in [4.78, 5) is 23.2. The van der Waals surface area contributed by atoms with Gasteiger partial charge in [-0.1, -0.05) is 39.5 Å². The highest BCUT2D eigenvalue weighted by Gasteiger charge is 2.26. The summed E-state index contributed by atoms with van der Waals surface area (Å²) in [5.41, 5.74) is 0. The summed E-state index contributed by atoms with van der Waals surface area (Å²) < 4.78 is 0. The van der Waals surface area contributed by atoms with Crippen molar-refractivity contribution in [1.29, 1.82) is 0 Å². The maximum Gasteiger partial charge on any atom is 0.326 e. The zero-order valence-corrected chi connectivity index (χ0v) is 11.4. The van der Waals surface area contributed by atoms with Crippen LogP contribution in [0.4, 0.5) is 0 Å². The van der Waals surface area contributed by atoms with Crippen LogP contribution >= 0.6 is 0 Å². The summed E-state index contributed by atoms with van der Waals surface area (Å²) in [6, 6.07) is -0.735. The number of carboxylic acid groups (broad SMARTS) is 1. The minimum Gasteiger partial charge on any atom is -0.480 e. The van der Waals surface area contributed by atoms with Crippen LogP contribution in [0.5, 0.6) is 0 Å². The third-order valence-electron chi connectivity index (χ3n) is 3.55. The van der Waals surface area contributed by atoms with Crippen molar-refractivity contribution in [3.63, 3.8) is 0 Å². The van der Waals surface area contributed by atoms with Crippen molar-refractivity contribution < 1.29 is 14.7 Å². The van der Waals surface area contributed by atoms with Gasteiger partial charge in [-0.15, -0.1) is 0 Å². The molecule has 2 N–H and O–H groups in total. The molecule has 4 heteroatoms. The second-order valence-corrected chi connectivity index (χ2v) is 5.72. The van der Waals surface area contributed by atoms with Gasteiger partial charge in [0.2, 0.25) is 5.91 Å². The quantitative estimate of drug-likeness (QED) is 0.742. The Balaban J connectivity index is 2.51. The molecule has 18 heavy (non-hydrogen) atoms. The Morgan fingerprint density at radius 3 is 2.17 bits per heavy atom. The van der Waals surface area contributed by atoms with Gasteiger partial charge in [0.05, 0.1) is 0 Å². The minimum absolute atomic E-state index is 0.0153. The number of amides is 1. The van der Waals surface area contributed by atoms with Crippen LogP contribution in [0, 0.1) is 11.8 Å². The van der Waals surface area contributed by atoms with Crippen LogP contribution in [0.1, 0.15) is 58.8 Å². The first kappa shape index (κ1) is 15.0. The Morgan fingerprint density at radius 2 is 1.72 bits per heavy atom. The summed E-state index contributed by atoms with van der Waals surface area (Å²) >= 11 is 0. The van der Waals surface area contributed by atoms with E-state index in [0.717, 1.165) is 25.7 Å². The Morgan fingerprint density at radius 1 is 1.17 bits per heavy atom. The van der Waals surface area contributed by atoms with Gasteiger partial charge in [0.25, 0.3) is 0 Å². The van der Waals surface area contributed by atoms with Crippen molar-refractivity contribution in [1.82, 2.24) is 5.32 Å². The monoisotopic (exact) mass is 255 g/mol. The largest absolute Gasteiger partial charge is 0.480 e. The molecule has 1 rings (SSSR count). The fraction of sp³-hybridized carbons (Fsp3) is 0.857. The summed E-state index contributed by atoms with van der Waals surface area (Å²) in [6.45, 7) is 3.93. The highest BCUT2D eigenvalue weighted by atomic mass is 16.4. The normalized spacial score (nSPS) is 19.3. The molecule has 0 bridgehead atoms. The minimum atomic E-state index is -0.925. The molecule has 104 valence electrons. The lowest BCUT2D eigenvalue weighted by atomic mass is 9.97. The summed E-state index contributed by atoms with van der Waals surface area (Å²) in [7, 11) is 0. The molecule has 4 nitrogen and oxygen atoms in total. The van der Waals surface area contributed by atoms with Crippen molar-refractivity contribution in [2.45, 2.75) is 64.8 Å². The van der Waals surface area contributed by atoms with Gasteiger partial charge in [-0.3, -0.25) is 4.79 Å². The van der Waals surface area contributed by atoms with Crippen LogP contribution in [-0.2, 0) is 9.59 Å². The van der Waals surface area contributed by atoms with Gasteiger partial charge in [0.15, 0.2) is 0 Å². The molecule has 0 unspecified atom stereocenters. The fourth-order valence-corrected chi connectivity index (χ4v) is 2.52. The molecule has 0 aromatic carbocycles. The van der Waals surface area contributed by atoms with Crippen LogP contribution in [-0.4, -0.2) is 23.0 Å². The van der Waals surface area contributed by atoms with E-state index in [0.29, 0.717) is 6.42 Å². The van der Waals surface area contributed by atoms with E-state index in [4.69, 9.17) is 5.11 Å². The lowest BCUT2D eigenvalue weighted by molar-refractivity contribution is -0.143. The predicted octanol–water partition coefficient (Wildman–Crippen LogP) is 2.57. The van der Waals surface area contributed by atoms with Gasteiger partial charge >= 0.3 is 5.97 Å². The van der Waals surface area contributed by atoms with Crippen molar-refractivity contribution in [3.8, 4) is 0 Å². The molecule has 0 spiro atoms. The van der Waals surface area contributed by atoms with E-state index in [-0.39, 0.29) is 17.7 Å². The standard InChI is InChI=1S/C14H25NO3/c1-10(2)9-12(14(17)18)15-13(16)11-7-5-3-4-6-8-11/h10-12H,3-9H2,1-2H3,(H,15,16)(H,17,18)/t12-/m1/s1. The maximum atomic E-state index is 12.1. The van der Waals surface area contributed by atoms with Crippen LogP contribution in [0.25, 0.3) is 0 Å². The number of carbonyl (C=O) groups is 2. The molecule has 0 aromatic rings. The van der Waals surface area contributed by atoms with Crippen molar-refractivity contribution in [2.75, 3.05) is 0 Å². The lowest BCUT2D eigenvalue weighted by Gasteiger charge is -2.20. The van der Waals surface area contributed by atoms with Gasteiger partial charge in [0, 0.05) is 5.92 Å². The third-order valence-corrected chi connectivity index (χ3v) is 3.55. The summed E-state index contributed by atoms with van der Waals surface area (Å²) in [5.74, 6) is -0.710. The second kappa shape index (κ2) is 7.39. The molecule has 1 saturated carbocycles. The second-order valence-electron chi connectivity index (χ2n) is 5.72. The van der Waals surface area contributed by atoms with Crippen molar-refractivity contribution >= 4 is 11.9 Å². The van der Waals surface area contributed by atoms with E-state index in [1.807, 2.05) is 13.8 Å². The molecule has 1 fully saturated rings. The molecule has 1 aliphatic rings. The molecule has 1 atom stereocenters. The number of rotatable bonds is 5. The Bertz CT molecular complexity index is 281. The molecule has 0 saturated heterocycles. The summed E-state index contributed by atoms with van der Waals surface area (Å²) in [5, 5.41) is 11.8. The molecule has 1 amide bonds. The van der Waals surface area contributed by atoms with Gasteiger partial charge in [0.1, 0.15) is 6.04 Å².